The smallest absolute Gasteiger partial charge is 0.434 e. The van der Waals surface area contributed by atoms with Gasteiger partial charge in [0, 0.05) is 50.1 Å². The molecule has 8 rings (SSSR count). The molecule has 3 fully saturated rings. The Bertz CT molecular complexity index is 2570. The number of hydrogen-bond donors (Lipinski definition) is 3. The van der Waals surface area contributed by atoms with Crippen molar-refractivity contribution >= 4 is 51.2 Å². The Morgan fingerprint density at radius 3 is 2.49 bits per heavy atom. The van der Waals surface area contributed by atoms with E-state index in [1.54, 1.807) is 25.2 Å². The first-order valence-corrected chi connectivity index (χ1v) is 20.4. The summed E-state index contributed by atoms with van der Waals surface area (Å²) >= 11 is 0. The van der Waals surface area contributed by atoms with E-state index in [4.69, 9.17) is 9.40 Å². The average Bonchev–Trinajstić information content (AvgIpc) is 3.74. The summed E-state index contributed by atoms with van der Waals surface area (Å²) in [5.41, 5.74) is -0.614. The second-order valence-electron chi connectivity index (χ2n) is 17.0. The highest BCUT2D eigenvalue weighted by Gasteiger charge is 2.38. The third-order valence-corrected chi connectivity index (χ3v) is 12.4. The fraction of sp³-hybridized carbons (Fsp3) is 0.500. The monoisotopic (exact) mass is 849 g/mol. The Morgan fingerprint density at radius 1 is 1.05 bits per heavy atom. The summed E-state index contributed by atoms with van der Waals surface area (Å²) in [5, 5.41) is 15.9. The molecule has 5 aromatic rings. The van der Waals surface area contributed by atoms with Crippen molar-refractivity contribution in [3.05, 3.63) is 76.1 Å². The highest BCUT2D eigenvalue weighted by Crippen LogP contribution is 2.40. The number of para-hydroxylation sites is 1. The van der Waals surface area contributed by atoms with Crippen LogP contribution in [0.4, 0.5) is 28.9 Å². The Hall–Kier alpha value is -5.69. The first-order chi connectivity index (χ1) is 28.9. The van der Waals surface area contributed by atoms with Crippen molar-refractivity contribution in [2.75, 3.05) is 36.9 Å². The number of imide groups is 1. The van der Waals surface area contributed by atoms with Gasteiger partial charge in [-0.1, -0.05) is 6.07 Å². The molecule has 3 aromatic heterocycles. The zero-order valence-electron chi connectivity index (χ0n) is 34.1. The highest BCUT2D eigenvalue weighted by molar-refractivity contribution is 6.04. The summed E-state index contributed by atoms with van der Waals surface area (Å²) in [4.78, 5) is 66.7. The molecule has 1 saturated carbocycles. The van der Waals surface area contributed by atoms with Crippen LogP contribution in [0.2, 0.25) is 0 Å². The van der Waals surface area contributed by atoms with E-state index >= 15 is 4.39 Å². The van der Waals surface area contributed by atoms with Gasteiger partial charge >= 0.3 is 11.9 Å². The van der Waals surface area contributed by atoms with Crippen molar-refractivity contribution in [2.24, 2.45) is 13.0 Å². The van der Waals surface area contributed by atoms with E-state index in [-0.39, 0.29) is 54.2 Å². The van der Waals surface area contributed by atoms with E-state index in [1.807, 2.05) is 18.0 Å². The number of aliphatic hydroxyl groups is 1. The molecule has 1 aliphatic carbocycles. The molecule has 3 amide bonds. The molecule has 2 saturated heterocycles. The molecule has 1 unspecified atom stereocenters. The molecule has 3 N–H and O–H groups in total. The summed E-state index contributed by atoms with van der Waals surface area (Å²) in [6.07, 6.45) is -0.301. The minimum Gasteiger partial charge on any atom is -0.440 e. The number of benzene rings is 2. The van der Waals surface area contributed by atoms with Gasteiger partial charge < -0.3 is 24.6 Å². The molecular weight excluding hydrogens is 803 g/mol. The number of alkyl halides is 4. The number of anilines is 2. The van der Waals surface area contributed by atoms with E-state index in [2.05, 4.69) is 25.5 Å². The summed E-state index contributed by atoms with van der Waals surface area (Å²) in [7, 11) is 3.60. The molecule has 3 aliphatic rings. The lowest BCUT2D eigenvalue weighted by molar-refractivity contribution is -0.141. The Balaban J connectivity index is 0.900. The number of nitrogens with one attached hydrogen (secondary N) is 2. The lowest BCUT2D eigenvalue weighted by Gasteiger charge is -2.42. The van der Waals surface area contributed by atoms with Gasteiger partial charge in [0.1, 0.15) is 23.4 Å². The maximum absolute atomic E-state index is 16.1. The molecule has 5 heterocycles. The average molecular weight is 850 g/mol. The van der Waals surface area contributed by atoms with Crippen LogP contribution in [0.5, 0.6) is 0 Å². The third kappa shape index (κ3) is 8.24. The first-order valence-electron chi connectivity index (χ1n) is 20.4. The predicted molar refractivity (Wildman–Crippen MR) is 216 cm³/mol. The largest absolute Gasteiger partial charge is 0.440 e. The van der Waals surface area contributed by atoms with Crippen molar-refractivity contribution in [1.29, 1.82) is 0 Å². The van der Waals surface area contributed by atoms with Crippen molar-refractivity contribution in [2.45, 2.75) is 94.7 Å². The Kier molecular flexibility index (Phi) is 11.0. The van der Waals surface area contributed by atoms with Gasteiger partial charge in [-0.2, -0.15) is 13.2 Å². The zero-order chi connectivity index (χ0) is 43.5. The molecule has 0 radical (unpaired) electrons. The van der Waals surface area contributed by atoms with Gasteiger partial charge in [0.05, 0.1) is 46.9 Å². The standard InChI is InChI=1S/C42H47F4N9O6/c1-41(2,60)24-16-27-33(17-26(24)49-37(57)28-18-47-19-34(48-28)42(44,45)46)61-39(50-27)23-10-8-22(9-11-23)20-52(3)29-14-15-54(21-25(29)43)30-6-5-7-31-36(30)53(4)40(59)55(31)32-12-13-35(56)51-38(32)58/h5-7,16-19,22-23,25,29,32,60H,8-15,20-21H2,1-4H3,(H,49,57)(H,51,56,58)/t22?,23?,25-,29-,32?/m1/s1. The van der Waals surface area contributed by atoms with E-state index in [1.165, 1.54) is 29.0 Å². The third-order valence-electron chi connectivity index (χ3n) is 12.4. The normalized spacial score (nSPS) is 22.9. The summed E-state index contributed by atoms with van der Waals surface area (Å²) in [6, 6.07) is 7.41. The molecule has 2 aromatic carbocycles. The Morgan fingerprint density at radius 2 is 1.80 bits per heavy atom. The molecule has 3 atom stereocenters. The number of carbonyl (C=O) groups excluding carboxylic acids is 3. The van der Waals surface area contributed by atoms with Gasteiger partial charge in [-0.3, -0.25) is 33.8 Å². The number of aromatic nitrogens is 5. The van der Waals surface area contributed by atoms with Crippen molar-refractivity contribution < 1.29 is 41.5 Å². The van der Waals surface area contributed by atoms with Gasteiger partial charge in [0.15, 0.2) is 17.2 Å². The van der Waals surface area contributed by atoms with E-state index in [0.29, 0.717) is 65.3 Å². The van der Waals surface area contributed by atoms with Crippen LogP contribution in [0.25, 0.3) is 22.1 Å². The molecule has 15 nitrogen and oxygen atoms in total. The fourth-order valence-electron chi connectivity index (χ4n) is 9.22. The predicted octanol–water partition coefficient (Wildman–Crippen LogP) is 5.57. The molecule has 2 aliphatic heterocycles. The maximum Gasteiger partial charge on any atom is 0.434 e. The summed E-state index contributed by atoms with van der Waals surface area (Å²) < 4.78 is 64.9. The molecule has 0 bridgehead atoms. The lowest BCUT2D eigenvalue weighted by atomic mass is 9.81. The topological polar surface area (TPSA) is 181 Å². The second-order valence-corrected chi connectivity index (χ2v) is 17.0. The van der Waals surface area contributed by atoms with E-state index in [9.17, 15) is 37.5 Å². The summed E-state index contributed by atoms with van der Waals surface area (Å²) in [5.74, 6) is -1.00. The van der Waals surface area contributed by atoms with Gasteiger partial charge in [0.2, 0.25) is 11.8 Å². The van der Waals surface area contributed by atoms with Crippen LogP contribution in [0, 0.1) is 5.92 Å². The number of fused-ring (bicyclic) bond motifs is 2. The first kappa shape index (κ1) is 42.0. The van der Waals surface area contributed by atoms with Crippen LogP contribution in [-0.4, -0.2) is 90.7 Å². The van der Waals surface area contributed by atoms with Crippen LogP contribution >= 0.6 is 0 Å². The number of piperidine rings is 2. The maximum atomic E-state index is 16.1. The Labute approximate surface area is 347 Å². The van der Waals surface area contributed by atoms with Gasteiger partial charge in [-0.15, -0.1) is 0 Å². The number of rotatable bonds is 9. The van der Waals surface area contributed by atoms with Gasteiger partial charge in [-0.25, -0.2) is 19.2 Å². The van der Waals surface area contributed by atoms with Crippen LogP contribution in [0.15, 0.2) is 51.9 Å². The van der Waals surface area contributed by atoms with Crippen LogP contribution < -0.4 is 21.2 Å². The quantitative estimate of drug-likeness (QED) is 0.125. The van der Waals surface area contributed by atoms with E-state index < -0.39 is 47.2 Å². The van der Waals surface area contributed by atoms with Crippen LogP contribution in [-0.2, 0) is 28.4 Å². The molecule has 19 heteroatoms. The minimum atomic E-state index is -4.79. The van der Waals surface area contributed by atoms with Crippen LogP contribution in [0.1, 0.15) is 98.4 Å². The zero-order valence-corrected chi connectivity index (χ0v) is 34.1. The number of halogens is 4. The number of hydrogen-bond acceptors (Lipinski definition) is 11. The van der Waals surface area contributed by atoms with Gasteiger partial charge in [0.25, 0.3) is 5.91 Å². The van der Waals surface area contributed by atoms with Crippen molar-refractivity contribution in [1.82, 2.24) is 34.3 Å². The van der Waals surface area contributed by atoms with Crippen molar-refractivity contribution in [3.8, 4) is 0 Å². The van der Waals surface area contributed by atoms with Crippen LogP contribution in [0.3, 0.4) is 0 Å². The highest BCUT2D eigenvalue weighted by atomic mass is 19.4. The number of aryl methyl sites for hydroxylation is 1. The number of carbonyl (C=O) groups is 3. The SMILES string of the molecule is CN(CC1CCC(c2nc3cc(C(C)(C)O)c(NC(=O)c4cncc(C(F)(F)F)n4)cc3o2)CC1)[C@@H]1CCN(c2cccc3c2n(C)c(=O)n3C2CCC(=O)NC2=O)C[C@H]1F. The van der Waals surface area contributed by atoms with Gasteiger partial charge in [-0.05, 0) is 83.5 Å². The number of nitrogens with zero attached hydrogens (tertiary/aromatic N) is 7. The van der Waals surface area contributed by atoms with E-state index in [0.717, 1.165) is 31.9 Å². The second kappa shape index (κ2) is 16.0. The number of imidazole rings is 1. The fourth-order valence-corrected chi connectivity index (χ4v) is 9.22. The lowest BCUT2D eigenvalue weighted by Crippen LogP contribution is -2.52. The number of amides is 3. The molecule has 61 heavy (non-hydrogen) atoms. The summed E-state index contributed by atoms with van der Waals surface area (Å²) in [6.45, 7) is 4.43. The molecule has 0 spiro atoms. The minimum absolute atomic E-state index is 0.00125. The van der Waals surface area contributed by atoms with Crippen molar-refractivity contribution in [3.63, 3.8) is 0 Å². The molecule has 324 valence electrons. The number of oxazole rings is 1. The molecular formula is C42H47F4N9O6.